The van der Waals surface area contributed by atoms with Crippen LogP contribution in [0.15, 0.2) is 43.5 Å². The van der Waals surface area contributed by atoms with E-state index in [1.54, 1.807) is 6.92 Å². The number of nitrogens with zero attached hydrogens (tertiary/aromatic N) is 4. The first kappa shape index (κ1) is 24.2. The van der Waals surface area contributed by atoms with Gasteiger partial charge in [-0.3, -0.25) is 18.7 Å². The number of Topliss-reactive ketones (excluding diaryl/α,β-unsaturated/α-hetero) is 1. The molecule has 10 nitrogen and oxygen atoms in total. The van der Waals surface area contributed by atoms with Crippen LogP contribution < -0.4 is 21.7 Å². The third kappa shape index (κ3) is 5.51. The molecule has 1 unspecified atom stereocenters. The first-order chi connectivity index (χ1) is 15.6. The highest BCUT2D eigenvalue weighted by atomic mass is 32.2. The molecule has 0 radical (unpaired) electrons. The lowest BCUT2D eigenvalue weighted by molar-refractivity contribution is 0.102. The van der Waals surface area contributed by atoms with Crippen molar-refractivity contribution in [1.82, 2.24) is 19.3 Å². The van der Waals surface area contributed by atoms with Crippen LogP contribution in [0.5, 0.6) is 5.75 Å². The summed E-state index contributed by atoms with van der Waals surface area (Å²) in [7, 11) is 1.30. The fraction of sp³-hybridized carbons (Fsp3) is 0.381. The Bertz CT molecular complexity index is 1270. The molecule has 3 aromatic rings. The van der Waals surface area contributed by atoms with E-state index < -0.39 is 23.1 Å². The second kappa shape index (κ2) is 10.0. The number of hydrogen-bond acceptors (Lipinski definition) is 9. The number of carbonyl (C=O) groups excluding carboxylic acids is 1. The standard InChI is InChI=1S/C21H24FN5O5S/c1-11(2)9-27-17(23)16(19(29)26(4)21(27)30)15(28)10-33-20-25-24-18(32-20)12(3)31-14-7-5-13(22)6-8-14/h5-8,11-12H,9-10,23H2,1-4H3. The molecule has 0 aliphatic carbocycles. The normalized spacial score (nSPS) is 12.2. The molecule has 0 bridgehead atoms. The quantitative estimate of drug-likeness (QED) is 0.364. The van der Waals surface area contributed by atoms with Gasteiger partial charge in [-0.1, -0.05) is 25.6 Å². The molecule has 2 heterocycles. The second-order valence-corrected chi connectivity index (χ2v) is 8.67. The Morgan fingerprint density at radius 2 is 1.88 bits per heavy atom. The summed E-state index contributed by atoms with van der Waals surface area (Å²) >= 11 is 0.931. The highest BCUT2D eigenvalue weighted by Crippen LogP contribution is 2.24. The Labute approximate surface area is 192 Å². The van der Waals surface area contributed by atoms with Crippen LogP contribution in [0.4, 0.5) is 10.2 Å². The first-order valence-electron chi connectivity index (χ1n) is 10.1. The summed E-state index contributed by atoms with van der Waals surface area (Å²) in [6.45, 7) is 5.73. The number of nitrogen functional groups attached to an aromatic ring is 1. The van der Waals surface area contributed by atoms with Crippen LogP contribution in [0.2, 0.25) is 0 Å². The number of ketones is 1. The van der Waals surface area contributed by atoms with E-state index in [0.29, 0.717) is 5.75 Å². The molecule has 0 amide bonds. The van der Waals surface area contributed by atoms with Gasteiger partial charge in [0.1, 0.15) is 22.9 Å². The minimum Gasteiger partial charge on any atom is -0.481 e. The van der Waals surface area contributed by atoms with Gasteiger partial charge in [0.15, 0.2) is 11.9 Å². The van der Waals surface area contributed by atoms with Crippen LogP contribution in [0.3, 0.4) is 0 Å². The lowest BCUT2D eigenvalue weighted by Gasteiger charge is -2.15. The monoisotopic (exact) mass is 477 g/mol. The van der Waals surface area contributed by atoms with Gasteiger partial charge in [0.05, 0.1) is 5.75 Å². The van der Waals surface area contributed by atoms with Gasteiger partial charge >= 0.3 is 5.69 Å². The van der Waals surface area contributed by atoms with Gasteiger partial charge in [-0.2, -0.15) is 0 Å². The van der Waals surface area contributed by atoms with Gasteiger partial charge in [0, 0.05) is 13.6 Å². The number of benzene rings is 1. The number of rotatable bonds is 9. The van der Waals surface area contributed by atoms with E-state index in [0.717, 1.165) is 16.3 Å². The highest BCUT2D eigenvalue weighted by molar-refractivity contribution is 7.99. The summed E-state index contributed by atoms with van der Waals surface area (Å²) in [6, 6.07) is 5.48. The Morgan fingerprint density at radius 3 is 2.52 bits per heavy atom. The Balaban J connectivity index is 1.72. The van der Waals surface area contributed by atoms with Crippen LogP contribution in [0.1, 0.15) is 43.1 Å². The van der Waals surface area contributed by atoms with Gasteiger partial charge in [-0.15, -0.1) is 10.2 Å². The number of nitrogens with two attached hydrogens (primary N) is 1. The molecule has 0 aliphatic heterocycles. The number of hydrogen-bond donors (Lipinski definition) is 1. The maximum absolute atomic E-state index is 13.0. The molecule has 0 saturated heterocycles. The number of thioether (sulfide) groups is 1. The van der Waals surface area contributed by atoms with Crippen LogP contribution in [-0.4, -0.2) is 30.9 Å². The van der Waals surface area contributed by atoms with Crippen molar-refractivity contribution >= 4 is 23.4 Å². The Hall–Kier alpha value is -3.41. The van der Waals surface area contributed by atoms with E-state index in [1.165, 1.54) is 35.9 Å². The molecule has 33 heavy (non-hydrogen) atoms. The van der Waals surface area contributed by atoms with Gasteiger partial charge in [0.2, 0.25) is 0 Å². The molecule has 176 valence electrons. The third-order valence-electron chi connectivity index (χ3n) is 4.63. The minimum absolute atomic E-state index is 0.0794. The number of ether oxygens (including phenoxy) is 1. The molecular weight excluding hydrogens is 453 g/mol. The van der Waals surface area contributed by atoms with Crippen molar-refractivity contribution in [2.24, 2.45) is 13.0 Å². The zero-order chi connectivity index (χ0) is 24.3. The van der Waals surface area contributed by atoms with Crippen molar-refractivity contribution in [3.63, 3.8) is 0 Å². The van der Waals surface area contributed by atoms with Crippen molar-refractivity contribution in [2.75, 3.05) is 11.5 Å². The van der Waals surface area contributed by atoms with Gasteiger partial charge in [0.25, 0.3) is 16.7 Å². The lowest BCUT2D eigenvalue weighted by Crippen LogP contribution is -2.43. The molecule has 2 aromatic heterocycles. The van der Waals surface area contributed by atoms with Crippen molar-refractivity contribution in [2.45, 2.75) is 38.6 Å². The van der Waals surface area contributed by atoms with E-state index in [9.17, 15) is 18.8 Å². The predicted octanol–water partition coefficient (Wildman–Crippen LogP) is 2.42. The van der Waals surface area contributed by atoms with Crippen LogP contribution in [-0.2, 0) is 13.6 Å². The third-order valence-corrected chi connectivity index (χ3v) is 5.45. The average Bonchev–Trinajstić information content (AvgIpc) is 3.25. The molecule has 0 saturated carbocycles. The van der Waals surface area contributed by atoms with Crippen molar-refractivity contribution in [1.29, 1.82) is 0 Å². The lowest BCUT2D eigenvalue weighted by atomic mass is 10.2. The van der Waals surface area contributed by atoms with Crippen molar-refractivity contribution in [3.05, 3.63) is 62.4 Å². The fourth-order valence-corrected chi connectivity index (χ4v) is 3.64. The molecular formula is C21H24FN5O5S. The summed E-state index contributed by atoms with van der Waals surface area (Å²) in [5.41, 5.74) is 4.44. The summed E-state index contributed by atoms with van der Waals surface area (Å²) < 4.78 is 26.3. The number of anilines is 1. The van der Waals surface area contributed by atoms with Crippen molar-refractivity contribution < 1.29 is 18.3 Å². The van der Waals surface area contributed by atoms with Gasteiger partial charge in [-0.25, -0.2) is 9.18 Å². The fourth-order valence-electron chi connectivity index (χ4n) is 3.00. The first-order valence-corrected chi connectivity index (χ1v) is 11.1. The highest BCUT2D eigenvalue weighted by Gasteiger charge is 2.23. The SMILES string of the molecule is CC(C)Cn1c(N)c(C(=O)CSc2nnc(C(C)Oc3ccc(F)cc3)o2)c(=O)n(C)c1=O. The number of carbonyl (C=O) groups is 1. The summed E-state index contributed by atoms with van der Waals surface area (Å²) in [5.74, 6) is -0.638. The zero-order valence-electron chi connectivity index (χ0n) is 18.6. The molecule has 3 rings (SSSR count). The largest absolute Gasteiger partial charge is 0.481 e. The number of halogens is 1. The minimum atomic E-state index is -0.754. The van der Waals surface area contributed by atoms with Crippen molar-refractivity contribution in [3.8, 4) is 5.75 Å². The molecule has 0 fully saturated rings. The molecule has 12 heteroatoms. The van der Waals surface area contributed by atoms with Gasteiger partial charge < -0.3 is 14.9 Å². The maximum Gasteiger partial charge on any atom is 0.332 e. The van der Waals surface area contributed by atoms with E-state index in [1.807, 2.05) is 13.8 Å². The van der Waals surface area contributed by atoms with Gasteiger partial charge in [-0.05, 0) is 37.1 Å². The van der Waals surface area contributed by atoms with Crippen LogP contribution in [0.25, 0.3) is 0 Å². The average molecular weight is 478 g/mol. The Morgan fingerprint density at radius 1 is 1.21 bits per heavy atom. The molecule has 2 N–H and O–H groups in total. The summed E-state index contributed by atoms with van der Waals surface area (Å²) in [6.07, 6.45) is -0.615. The zero-order valence-corrected chi connectivity index (χ0v) is 19.4. The molecule has 0 spiro atoms. The number of aromatic nitrogens is 4. The summed E-state index contributed by atoms with van der Waals surface area (Å²) in [5, 5.41) is 7.88. The topological polar surface area (TPSA) is 135 Å². The van der Waals surface area contributed by atoms with E-state index in [2.05, 4.69) is 10.2 Å². The second-order valence-electron chi connectivity index (χ2n) is 7.74. The molecule has 1 atom stereocenters. The van der Waals surface area contributed by atoms with Crippen LogP contribution in [0, 0.1) is 11.7 Å². The van der Waals surface area contributed by atoms with E-state index in [4.69, 9.17) is 14.9 Å². The maximum atomic E-state index is 13.0. The van der Waals surface area contributed by atoms with E-state index >= 15 is 0 Å². The van der Waals surface area contributed by atoms with Crippen LogP contribution >= 0.6 is 11.8 Å². The van der Waals surface area contributed by atoms with E-state index in [-0.39, 0.29) is 46.5 Å². The smallest absolute Gasteiger partial charge is 0.332 e. The predicted molar refractivity (Wildman–Crippen MR) is 120 cm³/mol. The Kier molecular flexibility index (Phi) is 7.36. The molecule has 1 aromatic carbocycles. The summed E-state index contributed by atoms with van der Waals surface area (Å²) in [4.78, 5) is 37.7. The molecule has 0 aliphatic rings.